The van der Waals surface area contributed by atoms with Gasteiger partial charge in [-0.3, -0.25) is 14.0 Å². The number of nitrogens with zero attached hydrogens (tertiary/aromatic N) is 4. The monoisotopic (exact) mass is 728 g/mol. The summed E-state index contributed by atoms with van der Waals surface area (Å²) in [6.07, 6.45) is -2.03. The van der Waals surface area contributed by atoms with Gasteiger partial charge in [-0.1, -0.05) is 42.5 Å². The molecule has 2 aromatic carbocycles. The van der Waals surface area contributed by atoms with E-state index in [1.807, 2.05) is 30.3 Å². The summed E-state index contributed by atoms with van der Waals surface area (Å²) in [6, 6.07) is 20.2. The number of benzene rings is 2. The molecule has 2 fully saturated rings. The third-order valence-electron chi connectivity index (χ3n) is 8.85. The Balaban J connectivity index is 1.28. The predicted molar refractivity (Wildman–Crippen MR) is 187 cm³/mol. The number of nitriles is 1. The van der Waals surface area contributed by atoms with Crippen molar-refractivity contribution in [2.45, 2.75) is 95.2 Å². The molecule has 2 saturated heterocycles. The summed E-state index contributed by atoms with van der Waals surface area (Å²) in [6.45, 7) is 9.83. The molecule has 0 bridgehead atoms. The minimum Gasteiger partial charge on any atom is -0.463 e. The minimum absolute atomic E-state index is 0.0121. The van der Waals surface area contributed by atoms with E-state index in [1.54, 1.807) is 51.2 Å². The Morgan fingerprint density at radius 2 is 1.70 bits per heavy atom. The van der Waals surface area contributed by atoms with Crippen LogP contribution in [0.2, 0.25) is 0 Å². The Labute approximate surface area is 305 Å². The molecule has 2 aliphatic rings. The zero-order valence-corrected chi connectivity index (χ0v) is 30.2. The second-order valence-corrected chi connectivity index (χ2v) is 14.7. The van der Waals surface area contributed by atoms with Gasteiger partial charge in [0, 0.05) is 6.42 Å². The molecule has 0 saturated carbocycles. The van der Waals surface area contributed by atoms with Crippen LogP contribution in [-0.2, 0) is 51.7 Å². The second-order valence-electron chi connectivity index (χ2n) is 14.7. The molecule has 2 N–H and O–H groups in total. The molecule has 4 heterocycles. The molecule has 2 aliphatic heterocycles. The maximum Gasteiger partial charge on any atom is 0.408 e. The minimum atomic E-state index is -1.76. The summed E-state index contributed by atoms with van der Waals surface area (Å²) < 4.78 is 45.1. The number of esters is 1. The maximum atomic E-state index is 14.1. The fourth-order valence-corrected chi connectivity index (χ4v) is 6.53. The van der Waals surface area contributed by atoms with Crippen LogP contribution in [-0.4, -0.2) is 74.4 Å². The van der Waals surface area contributed by atoms with E-state index < -0.39 is 64.6 Å². The van der Waals surface area contributed by atoms with Crippen LogP contribution in [0.1, 0.15) is 58.4 Å². The molecule has 278 valence electrons. The molecule has 6 rings (SSSR count). The average Bonchev–Trinajstić information content (AvgIpc) is 3.75. The van der Waals surface area contributed by atoms with Crippen molar-refractivity contribution in [3.8, 4) is 6.07 Å². The lowest BCUT2D eigenvalue weighted by atomic mass is 9.91. The highest BCUT2D eigenvalue weighted by atomic mass is 19.1. The van der Waals surface area contributed by atoms with E-state index in [9.17, 15) is 24.0 Å². The zero-order chi connectivity index (χ0) is 38.2. The lowest BCUT2D eigenvalue weighted by Crippen LogP contribution is -2.57. The third-order valence-corrected chi connectivity index (χ3v) is 8.85. The molecule has 2 aromatic heterocycles. The van der Waals surface area contributed by atoms with Gasteiger partial charge in [0.1, 0.15) is 54.3 Å². The van der Waals surface area contributed by atoms with Crippen molar-refractivity contribution in [2.75, 3.05) is 11.9 Å². The standard InChI is InChI=1S/C38H41FN6O8/c1-35(2,3)53-34(48)43-37(6,19-24-12-14-25(39)15-13-24)33(47)42-32-26-16-17-28(45(26)22-41-44-32)38(21-40)31-30(51-36(4,5)52-31)27(50-38)20-49-29(46)18-23-10-8-7-9-11-23/h7-17,22,27,30-31H,18-20H2,1-6H3,(H,43,48)(H,42,44,47)/t27-,30-,31-,37-,38+/m1/s1. The van der Waals surface area contributed by atoms with Crippen molar-refractivity contribution in [1.82, 2.24) is 19.9 Å². The smallest absolute Gasteiger partial charge is 0.408 e. The Bertz CT molecular complexity index is 2040. The number of fused-ring (bicyclic) bond motifs is 2. The van der Waals surface area contributed by atoms with Crippen LogP contribution in [0.3, 0.4) is 0 Å². The van der Waals surface area contributed by atoms with Crippen LogP contribution in [0.15, 0.2) is 73.1 Å². The molecule has 0 radical (unpaired) electrons. The quantitative estimate of drug-likeness (QED) is 0.216. The van der Waals surface area contributed by atoms with Crippen molar-refractivity contribution in [2.24, 2.45) is 0 Å². The molecule has 0 unspecified atom stereocenters. The van der Waals surface area contributed by atoms with E-state index in [-0.39, 0.29) is 25.3 Å². The van der Waals surface area contributed by atoms with Gasteiger partial charge in [0.2, 0.25) is 5.60 Å². The van der Waals surface area contributed by atoms with Crippen LogP contribution < -0.4 is 10.6 Å². The molecule has 14 nitrogen and oxygen atoms in total. The Morgan fingerprint density at radius 3 is 2.38 bits per heavy atom. The number of nitrogens with one attached hydrogen (secondary N) is 2. The Kier molecular flexibility index (Phi) is 9.99. The van der Waals surface area contributed by atoms with Gasteiger partial charge < -0.3 is 34.3 Å². The van der Waals surface area contributed by atoms with Crippen LogP contribution in [0.4, 0.5) is 15.0 Å². The number of hydrogen-bond donors (Lipinski definition) is 2. The van der Waals surface area contributed by atoms with Gasteiger partial charge >= 0.3 is 12.1 Å². The Hall–Kier alpha value is -5.43. The summed E-state index contributed by atoms with van der Waals surface area (Å²) in [5.74, 6) is -2.67. The van der Waals surface area contributed by atoms with E-state index >= 15 is 0 Å². The van der Waals surface area contributed by atoms with Crippen molar-refractivity contribution in [1.29, 1.82) is 5.26 Å². The number of carbonyl (C=O) groups excluding carboxylic acids is 3. The first-order valence-corrected chi connectivity index (χ1v) is 17.1. The van der Waals surface area contributed by atoms with Gasteiger partial charge in [0.25, 0.3) is 5.91 Å². The number of alkyl carbamates (subject to hydrolysis) is 1. The van der Waals surface area contributed by atoms with Gasteiger partial charge in [0.15, 0.2) is 11.6 Å². The summed E-state index contributed by atoms with van der Waals surface area (Å²) in [7, 11) is 0. The molecule has 0 aliphatic carbocycles. The van der Waals surface area contributed by atoms with Crippen LogP contribution in [0.5, 0.6) is 0 Å². The van der Waals surface area contributed by atoms with Crippen LogP contribution in [0.25, 0.3) is 5.52 Å². The molecule has 0 spiro atoms. The highest BCUT2D eigenvalue weighted by Gasteiger charge is 2.65. The van der Waals surface area contributed by atoms with E-state index in [4.69, 9.17) is 23.7 Å². The Morgan fingerprint density at radius 1 is 0.981 bits per heavy atom. The largest absolute Gasteiger partial charge is 0.463 e. The molecule has 2 amide bonds. The number of hydrogen-bond acceptors (Lipinski definition) is 11. The number of halogens is 1. The summed E-state index contributed by atoms with van der Waals surface area (Å²) in [5, 5.41) is 24.5. The summed E-state index contributed by atoms with van der Waals surface area (Å²) >= 11 is 0. The molecular formula is C38H41FN6O8. The number of ether oxygens (including phenoxy) is 5. The fourth-order valence-electron chi connectivity index (χ4n) is 6.53. The molecule has 4 aromatic rings. The molecule has 53 heavy (non-hydrogen) atoms. The van der Waals surface area contributed by atoms with Crippen molar-refractivity contribution < 1.29 is 42.5 Å². The lowest BCUT2D eigenvalue weighted by molar-refractivity contribution is -0.206. The van der Waals surface area contributed by atoms with Gasteiger partial charge in [-0.15, -0.1) is 10.2 Å². The number of aromatic nitrogens is 3. The number of rotatable bonds is 10. The third kappa shape index (κ3) is 7.99. The first-order chi connectivity index (χ1) is 25.0. The topological polar surface area (TPSA) is 175 Å². The normalized spacial score (nSPS) is 23.0. The van der Waals surface area contributed by atoms with Gasteiger partial charge in [-0.25, -0.2) is 9.18 Å². The first kappa shape index (κ1) is 37.3. The lowest BCUT2D eigenvalue weighted by Gasteiger charge is -2.31. The van der Waals surface area contributed by atoms with Crippen molar-refractivity contribution in [3.05, 3.63) is 95.7 Å². The highest BCUT2D eigenvalue weighted by Crippen LogP contribution is 2.49. The molecular weight excluding hydrogens is 687 g/mol. The SMILES string of the molecule is CC(C)(C)OC(=O)N[C@](C)(Cc1ccc(F)cc1)C(=O)Nc1nncn2c([C@]3(C#N)O[C@H](COC(=O)Cc4ccccc4)[C@H]4OC(C)(C)O[C@H]43)ccc12. The van der Waals surface area contributed by atoms with Crippen molar-refractivity contribution in [3.63, 3.8) is 0 Å². The predicted octanol–water partition coefficient (Wildman–Crippen LogP) is 4.76. The number of anilines is 1. The zero-order valence-electron chi connectivity index (χ0n) is 30.2. The van der Waals surface area contributed by atoms with Crippen molar-refractivity contribution >= 4 is 29.3 Å². The summed E-state index contributed by atoms with van der Waals surface area (Å²) in [4.78, 5) is 39.7. The highest BCUT2D eigenvalue weighted by molar-refractivity contribution is 6.01. The van der Waals surface area contributed by atoms with Crippen LogP contribution >= 0.6 is 0 Å². The number of amides is 2. The van der Waals surface area contributed by atoms with E-state index in [2.05, 4.69) is 26.9 Å². The van der Waals surface area contributed by atoms with Crippen LogP contribution in [0, 0.1) is 17.1 Å². The van der Waals surface area contributed by atoms with E-state index in [1.165, 1.54) is 37.5 Å². The number of carbonyl (C=O) groups is 3. The second kappa shape index (κ2) is 14.2. The maximum absolute atomic E-state index is 14.1. The molecule has 15 heteroatoms. The fraction of sp³-hybridized carbons (Fsp3) is 0.421. The van der Waals surface area contributed by atoms with Gasteiger partial charge in [-0.05, 0) is 76.9 Å². The summed E-state index contributed by atoms with van der Waals surface area (Å²) in [5.41, 5.74) is -2.21. The van der Waals surface area contributed by atoms with E-state index in [0.29, 0.717) is 16.8 Å². The van der Waals surface area contributed by atoms with Gasteiger partial charge in [0.05, 0.1) is 17.6 Å². The van der Waals surface area contributed by atoms with Gasteiger partial charge in [-0.2, -0.15) is 5.26 Å². The van der Waals surface area contributed by atoms with E-state index in [0.717, 1.165) is 5.56 Å². The first-order valence-electron chi connectivity index (χ1n) is 17.1. The molecule has 5 atom stereocenters. The average molecular weight is 729 g/mol.